The van der Waals surface area contributed by atoms with Crippen LogP contribution in [-0.4, -0.2) is 30.7 Å². The first-order valence-electron chi connectivity index (χ1n) is 6.39. The molecule has 0 fully saturated rings. The number of phenolic OH excluding ortho intramolecular Hbond substituents is 1. The third kappa shape index (κ3) is 5.61. The van der Waals surface area contributed by atoms with Gasteiger partial charge < -0.3 is 20.5 Å². The number of hydrogen-bond acceptors (Lipinski definition) is 4. The van der Waals surface area contributed by atoms with Gasteiger partial charge in [0.15, 0.2) is 0 Å². The minimum absolute atomic E-state index is 0.0291. The summed E-state index contributed by atoms with van der Waals surface area (Å²) in [6.45, 7) is 4.95. The van der Waals surface area contributed by atoms with Crippen molar-refractivity contribution in [3.05, 3.63) is 23.8 Å². The first-order valence-corrected chi connectivity index (χ1v) is 6.39. The second-order valence-electron chi connectivity index (χ2n) is 4.64. The lowest BCUT2D eigenvalue weighted by molar-refractivity contribution is -0.121. The SMILES string of the molecule is COc1ccc(CNCCC(=O)NC(C)C)c(O)c1. The van der Waals surface area contributed by atoms with E-state index in [0.29, 0.717) is 25.3 Å². The second kappa shape index (κ2) is 7.63. The van der Waals surface area contributed by atoms with E-state index in [9.17, 15) is 9.90 Å². The zero-order valence-electron chi connectivity index (χ0n) is 11.7. The molecule has 5 heteroatoms. The summed E-state index contributed by atoms with van der Waals surface area (Å²) < 4.78 is 5.01. The molecule has 0 aliphatic heterocycles. The average Bonchev–Trinajstić information content (AvgIpc) is 2.35. The van der Waals surface area contributed by atoms with Crippen LogP contribution in [0.3, 0.4) is 0 Å². The van der Waals surface area contributed by atoms with Crippen molar-refractivity contribution >= 4 is 5.91 Å². The number of methoxy groups -OCH3 is 1. The van der Waals surface area contributed by atoms with E-state index in [1.807, 2.05) is 13.8 Å². The lowest BCUT2D eigenvalue weighted by Crippen LogP contribution is -2.32. The van der Waals surface area contributed by atoms with Crippen molar-refractivity contribution < 1.29 is 14.6 Å². The Morgan fingerprint density at radius 3 is 2.74 bits per heavy atom. The number of rotatable bonds is 7. The Kier molecular flexibility index (Phi) is 6.15. The number of ether oxygens (including phenoxy) is 1. The van der Waals surface area contributed by atoms with Crippen LogP contribution in [-0.2, 0) is 11.3 Å². The first kappa shape index (κ1) is 15.3. The molecule has 0 spiro atoms. The van der Waals surface area contributed by atoms with Gasteiger partial charge in [-0.1, -0.05) is 6.07 Å². The van der Waals surface area contributed by atoms with Gasteiger partial charge in [-0.05, 0) is 19.9 Å². The van der Waals surface area contributed by atoms with Crippen molar-refractivity contribution in [2.45, 2.75) is 32.9 Å². The van der Waals surface area contributed by atoms with Crippen molar-refractivity contribution in [1.82, 2.24) is 10.6 Å². The van der Waals surface area contributed by atoms with Crippen molar-refractivity contribution in [3.63, 3.8) is 0 Å². The highest BCUT2D eigenvalue weighted by Crippen LogP contribution is 2.22. The normalized spacial score (nSPS) is 10.5. The summed E-state index contributed by atoms with van der Waals surface area (Å²) >= 11 is 0. The summed E-state index contributed by atoms with van der Waals surface area (Å²) in [5.41, 5.74) is 0.782. The molecule has 1 rings (SSSR count). The highest BCUT2D eigenvalue weighted by Gasteiger charge is 2.05. The van der Waals surface area contributed by atoms with Crippen molar-refractivity contribution in [2.24, 2.45) is 0 Å². The monoisotopic (exact) mass is 266 g/mol. The molecule has 0 unspecified atom stereocenters. The summed E-state index contributed by atoms with van der Waals surface area (Å²) in [6.07, 6.45) is 0.426. The van der Waals surface area contributed by atoms with Crippen LogP contribution in [0.15, 0.2) is 18.2 Å². The van der Waals surface area contributed by atoms with Gasteiger partial charge in [0.25, 0.3) is 0 Å². The van der Waals surface area contributed by atoms with E-state index in [1.54, 1.807) is 25.3 Å². The highest BCUT2D eigenvalue weighted by molar-refractivity contribution is 5.76. The van der Waals surface area contributed by atoms with Crippen LogP contribution >= 0.6 is 0 Å². The second-order valence-corrected chi connectivity index (χ2v) is 4.64. The summed E-state index contributed by atoms with van der Waals surface area (Å²) in [6, 6.07) is 5.33. The molecule has 19 heavy (non-hydrogen) atoms. The molecule has 0 aliphatic carbocycles. The zero-order valence-corrected chi connectivity index (χ0v) is 11.7. The summed E-state index contributed by atoms with van der Waals surface area (Å²) in [7, 11) is 1.56. The lowest BCUT2D eigenvalue weighted by Gasteiger charge is -2.10. The Labute approximate surface area is 114 Å². The molecule has 0 aliphatic rings. The molecule has 0 heterocycles. The zero-order chi connectivity index (χ0) is 14.3. The van der Waals surface area contributed by atoms with Crippen molar-refractivity contribution in [2.75, 3.05) is 13.7 Å². The van der Waals surface area contributed by atoms with Gasteiger partial charge in [0, 0.05) is 37.2 Å². The third-order valence-electron chi connectivity index (χ3n) is 2.59. The van der Waals surface area contributed by atoms with Gasteiger partial charge in [0.1, 0.15) is 11.5 Å². The fourth-order valence-electron chi connectivity index (χ4n) is 1.64. The van der Waals surface area contributed by atoms with Crippen LogP contribution in [0.2, 0.25) is 0 Å². The molecule has 0 radical (unpaired) electrons. The minimum Gasteiger partial charge on any atom is -0.507 e. The standard InChI is InChI=1S/C14H22N2O3/c1-10(2)16-14(18)6-7-15-9-11-4-5-12(19-3)8-13(11)17/h4-5,8,10,15,17H,6-7,9H2,1-3H3,(H,16,18). The number of carbonyl (C=O) groups excluding carboxylic acids is 1. The number of carbonyl (C=O) groups is 1. The van der Waals surface area contributed by atoms with Gasteiger partial charge in [-0.2, -0.15) is 0 Å². The fraction of sp³-hybridized carbons (Fsp3) is 0.500. The molecule has 0 atom stereocenters. The fourth-order valence-corrected chi connectivity index (χ4v) is 1.64. The Bertz CT molecular complexity index is 419. The first-order chi connectivity index (χ1) is 9.02. The van der Waals surface area contributed by atoms with E-state index in [2.05, 4.69) is 10.6 Å². The Hall–Kier alpha value is -1.75. The van der Waals surface area contributed by atoms with E-state index in [0.717, 1.165) is 5.56 Å². The number of aromatic hydroxyl groups is 1. The summed E-state index contributed by atoms with van der Waals surface area (Å²) in [5.74, 6) is 0.845. The molecule has 5 nitrogen and oxygen atoms in total. The number of nitrogens with one attached hydrogen (secondary N) is 2. The van der Waals surface area contributed by atoms with E-state index in [4.69, 9.17) is 4.74 Å². The van der Waals surface area contributed by atoms with E-state index in [1.165, 1.54) is 0 Å². The molecule has 1 aromatic carbocycles. The van der Waals surface area contributed by atoms with Crippen LogP contribution in [0.1, 0.15) is 25.8 Å². The Morgan fingerprint density at radius 2 is 2.16 bits per heavy atom. The van der Waals surface area contributed by atoms with Crippen molar-refractivity contribution in [3.8, 4) is 11.5 Å². The van der Waals surface area contributed by atoms with Gasteiger partial charge in [-0.25, -0.2) is 0 Å². The lowest BCUT2D eigenvalue weighted by atomic mass is 10.2. The predicted molar refractivity (Wildman–Crippen MR) is 74.3 cm³/mol. The number of hydrogen-bond donors (Lipinski definition) is 3. The van der Waals surface area contributed by atoms with Gasteiger partial charge in [-0.15, -0.1) is 0 Å². The largest absolute Gasteiger partial charge is 0.507 e. The van der Waals surface area contributed by atoms with Crippen molar-refractivity contribution in [1.29, 1.82) is 0 Å². The number of benzene rings is 1. The smallest absolute Gasteiger partial charge is 0.221 e. The van der Waals surface area contributed by atoms with Gasteiger partial charge in [0.05, 0.1) is 7.11 Å². The summed E-state index contributed by atoms with van der Waals surface area (Å²) in [4.78, 5) is 11.4. The highest BCUT2D eigenvalue weighted by atomic mass is 16.5. The van der Waals surface area contributed by atoms with E-state index < -0.39 is 0 Å². The van der Waals surface area contributed by atoms with Crippen LogP contribution < -0.4 is 15.4 Å². The summed E-state index contributed by atoms with van der Waals surface area (Å²) in [5, 5.41) is 15.7. The van der Waals surface area contributed by atoms with Crippen LogP contribution in [0, 0.1) is 0 Å². The molecule has 0 aromatic heterocycles. The van der Waals surface area contributed by atoms with E-state index in [-0.39, 0.29) is 17.7 Å². The predicted octanol–water partition coefficient (Wildman–Crippen LogP) is 1.41. The molecule has 1 amide bonds. The Balaban J connectivity index is 2.31. The maximum absolute atomic E-state index is 11.4. The molecule has 0 saturated heterocycles. The number of amides is 1. The van der Waals surface area contributed by atoms with E-state index >= 15 is 0 Å². The average molecular weight is 266 g/mol. The number of phenols is 1. The molecule has 106 valence electrons. The maximum Gasteiger partial charge on any atom is 0.221 e. The van der Waals surface area contributed by atoms with Gasteiger partial charge in [-0.3, -0.25) is 4.79 Å². The molecule has 1 aromatic rings. The quantitative estimate of drug-likeness (QED) is 0.653. The molecule has 0 saturated carbocycles. The molecular weight excluding hydrogens is 244 g/mol. The minimum atomic E-state index is 0.0291. The molecule has 3 N–H and O–H groups in total. The molecular formula is C14H22N2O3. The van der Waals surface area contributed by atoms with Gasteiger partial charge >= 0.3 is 0 Å². The maximum atomic E-state index is 11.4. The van der Waals surface area contributed by atoms with Crippen LogP contribution in [0.25, 0.3) is 0 Å². The topological polar surface area (TPSA) is 70.6 Å². The Morgan fingerprint density at radius 1 is 1.42 bits per heavy atom. The third-order valence-corrected chi connectivity index (χ3v) is 2.59. The van der Waals surface area contributed by atoms with Crippen LogP contribution in [0.4, 0.5) is 0 Å². The van der Waals surface area contributed by atoms with Gasteiger partial charge in [0.2, 0.25) is 5.91 Å². The van der Waals surface area contributed by atoms with Crippen LogP contribution in [0.5, 0.6) is 11.5 Å². The molecule has 0 bridgehead atoms.